The van der Waals surface area contributed by atoms with Gasteiger partial charge in [-0.05, 0) is 36.8 Å². The molecule has 1 atom stereocenters. The molecule has 0 bridgehead atoms. The predicted octanol–water partition coefficient (Wildman–Crippen LogP) is 2.52. The van der Waals surface area contributed by atoms with Crippen LogP contribution in [0.2, 0.25) is 0 Å². The van der Waals surface area contributed by atoms with Gasteiger partial charge in [-0.2, -0.15) is 0 Å². The summed E-state index contributed by atoms with van der Waals surface area (Å²) in [5, 5.41) is 11.7. The second-order valence-corrected chi connectivity index (χ2v) is 5.59. The number of rotatable bonds is 8. The van der Waals surface area contributed by atoms with E-state index in [-0.39, 0.29) is 24.0 Å². The second-order valence-electron chi connectivity index (χ2n) is 5.59. The van der Waals surface area contributed by atoms with Gasteiger partial charge in [0.1, 0.15) is 17.6 Å². The highest BCUT2D eigenvalue weighted by molar-refractivity contribution is 5.87. The van der Waals surface area contributed by atoms with E-state index in [0.717, 1.165) is 5.56 Å². The largest absolute Gasteiger partial charge is 0.497 e. The van der Waals surface area contributed by atoms with Crippen molar-refractivity contribution in [2.24, 2.45) is 0 Å². The first-order valence-corrected chi connectivity index (χ1v) is 7.87. The molecule has 6 heteroatoms. The molecule has 0 fully saturated rings. The fraction of sp³-hybridized carbons (Fsp3) is 0.263. The smallest absolute Gasteiger partial charge is 0.335 e. The van der Waals surface area contributed by atoms with E-state index >= 15 is 0 Å². The van der Waals surface area contributed by atoms with Crippen molar-refractivity contribution in [2.45, 2.75) is 19.4 Å². The topological polar surface area (TPSA) is 84.9 Å². The van der Waals surface area contributed by atoms with Crippen LogP contribution < -0.4 is 14.8 Å². The van der Waals surface area contributed by atoms with Crippen molar-refractivity contribution in [3.05, 3.63) is 59.7 Å². The van der Waals surface area contributed by atoms with E-state index in [1.807, 2.05) is 25.1 Å². The number of carbonyl (C=O) groups excluding carboxylic acids is 1. The Balaban J connectivity index is 1.79. The minimum atomic E-state index is -0.987. The Kier molecular flexibility index (Phi) is 6.39. The summed E-state index contributed by atoms with van der Waals surface area (Å²) >= 11 is 0. The van der Waals surface area contributed by atoms with Gasteiger partial charge in [0.25, 0.3) is 0 Å². The van der Waals surface area contributed by atoms with E-state index in [1.165, 1.54) is 12.1 Å². The molecule has 0 saturated carbocycles. The van der Waals surface area contributed by atoms with Crippen molar-refractivity contribution in [3.63, 3.8) is 0 Å². The molecule has 0 radical (unpaired) electrons. The summed E-state index contributed by atoms with van der Waals surface area (Å²) in [6, 6.07) is 13.5. The summed E-state index contributed by atoms with van der Waals surface area (Å²) in [6.07, 6.45) is -0.0170. The Hall–Kier alpha value is -3.02. The van der Waals surface area contributed by atoms with Crippen molar-refractivity contribution in [1.29, 1.82) is 0 Å². The van der Waals surface area contributed by atoms with Crippen molar-refractivity contribution in [2.75, 3.05) is 13.7 Å². The number of hydrogen-bond donors (Lipinski definition) is 2. The van der Waals surface area contributed by atoms with Crippen LogP contribution in [0.1, 0.15) is 22.8 Å². The van der Waals surface area contributed by atoms with E-state index in [0.29, 0.717) is 18.0 Å². The Morgan fingerprint density at radius 1 is 1.12 bits per heavy atom. The molecule has 0 aliphatic rings. The van der Waals surface area contributed by atoms with Crippen LogP contribution in [0.15, 0.2) is 48.5 Å². The molecule has 25 heavy (non-hydrogen) atoms. The first-order valence-electron chi connectivity index (χ1n) is 7.87. The molecule has 132 valence electrons. The monoisotopic (exact) mass is 343 g/mol. The highest BCUT2D eigenvalue weighted by atomic mass is 16.5. The number of carboxylic acids is 1. The van der Waals surface area contributed by atoms with E-state index < -0.39 is 5.97 Å². The highest BCUT2D eigenvalue weighted by Crippen LogP contribution is 2.19. The number of carboxylic acid groups (broad SMARTS) is 1. The Labute approximate surface area is 146 Å². The van der Waals surface area contributed by atoms with Crippen LogP contribution >= 0.6 is 0 Å². The standard InChI is InChI=1S/C19H21NO5/c1-13(25-17-5-3-4-16(11-17)24-2)12-20-18(21)10-14-6-8-15(9-7-14)19(22)23/h3-9,11,13H,10,12H2,1-2H3,(H,20,21)(H,22,23). The average Bonchev–Trinajstić information content (AvgIpc) is 2.60. The zero-order valence-electron chi connectivity index (χ0n) is 14.2. The number of nitrogens with one attached hydrogen (secondary N) is 1. The van der Waals surface area contributed by atoms with Gasteiger partial charge in [-0.3, -0.25) is 4.79 Å². The second kappa shape index (κ2) is 8.73. The van der Waals surface area contributed by atoms with Gasteiger partial charge in [0.05, 0.1) is 25.6 Å². The lowest BCUT2D eigenvalue weighted by Gasteiger charge is -2.16. The van der Waals surface area contributed by atoms with Gasteiger partial charge in [0.2, 0.25) is 5.91 Å². The minimum absolute atomic E-state index is 0.149. The van der Waals surface area contributed by atoms with Gasteiger partial charge in [-0.15, -0.1) is 0 Å². The van der Waals surface area contributed by atoms with Crippen molar-refractivity contribution in [3.8, 4) is 11.5 Å². The molecule has 1 amide bonds. The molecule has 0 saturated heterocycles. The number of aromatic carboxylic acids is 1. The number of ether oxygens (including phenoxy) is 2. The summed E-state index contributed by atoms with van der Waals surface area (Å²) in [5.74, 6) is 0.243. The molecule has 2 N–H and O–H groups in total. The summed E-state index contributed by atoms with van der Waals surface area (Å²) in [5.41, 5.74) is 0.952. The summed E-state index contributed by atoms with van der Waals surface area (Å²) in [6.45, 7) is 2.23. The fourth-order valence-corrected chi connectivity index (χ4v) is 2.22. The fourth-order valence-electron chi connectivity index (χ4n) is 2.22. The number of benzene rings is 2. The normalized spacial score (nSPS) is 11.4. The maximum atomic E-state index is 12.0. The zero-order chi connectivity index (χ0) is 18.2. The van der Waals surface area contributed by atoms with E-state index in [9.17, 15) is 9.59 Å². The molecule has 0 aliphatic heterocycles. The number of carbonyl (C=O) groups is 2. The summed E-state index contributed by atoms with van der Waals surface area (Å²) in [4.78, 5) is 22.8. The molecule has 2 aromatic carbocycles. The summed E-state index contributed by atoms with van der Waals surface area (Å²) < 4.78 is 10.9. The number of methoxy groups -OCH3 is 1. The van der Waals surface area contributed by atoms with Crippen molar-refractivity contribution < 1.29 is 24.2 Å². The van der Waals surface area contributed by atoms with Crippen LogP contribution in [0.25, 0.3) is 0 Å². The quantitative estimate of drug-likeness (QED) is 0.769. The SMILES string of the molecule is COc1cccc(OC(C)CNC(=O)Cc2ccc(C(=O)O)cc2)c1. The van der Waals surface area contributed by atoms with Gasteiger partial charge in [0, 0.05) is 6.07 Å². The maximum absolute atomic E-state index is 12.0. The third-order valence-electron chi connectivity index (χ3n) is 3.53. The Morgan fingerprint density at radius 2 is 1.80 bits per heavy atom. The van der Waals surface area contributed by atoms with Gasteiger partial charge in [0.15, 0.2) is 0 Å². The van der Waals surface area contributed by atoms with Crippen molar-refractivity contribution in [1.82, 2.24) is 5.32 Å². The average molecular weight is 343 g/mol. The molecule has 0 spiro atoms. The highest BCUT2D eigenvalue weighted by Gasteiger charge is 2.09. The third kappa shape index (κ3) is 5.84. The first kappa shape index (κ1) is 18.3. The van der Waals surface area contributed by atoms with E-state index in [4.69, 9.17) is 14.6 Å². The van der Waals surface area contributed by atoms with Crippen molar-refractivity contribution >= 4 is 11.9 Å². The molecular formula is C19H21NO5. The van der Waals surface area contributed by atoms with Crippen LogP contribution in [-0.2, 0) is 11.2 Å². The number of hydrogen-bond acceptors (Lipinski definition) is 4. The van der Waals surface area contributed by atoms with Gasteiger partial charge >= 0.3 is 5.97 Å². The maximum Gasteiger partial charge on any atom is 0.335 e. The van der Waals surface area contributed by atoms with E-state index in [1.54, 1.807) is 25.3 Å². The van der Waals surface area contributed by atoms with Crippen LogP contribution in [0.3, 0.4) is 0 Å². The lowest BCUT2D eigenvalue weighted by atomic mass is 10.1. The van der Waals surface area contributed by atoms with Crippen LogP contribution in [0.4, 0.5) is 0 Å². The third-order valence-corrected chi connectivity index (χ3v) is 3.53. The van der Waals surface area contributed by atoms with Gasteiger partial charge in [-0.1, -0.05) is 18.2 Å². The molecule has 0 aromatic heterocycles. The minimum Gasteiger partial charge on any atom is -0.497 e. The molecular weight excluding hydrogens is 322 g/mol. The Bertz CT molecular complexity index is 727. The Morgan fingerprint density at radius 3 is 2.44 bits per heavy atom. The van der Waals surface area contributed by atoms with Crippen LogP contribution in [0.5, 0.6) is 11.5 Å². The van der Waals surface area contributed by atoms with E-state index in [2.05, 4.69) is 5.32 Å². The number of amides is 1. The molecule has 6 nitrogen and oxygen atoms in total. The molecule has 0 heterocycles. The lowest BCUT2D eigenvalue weighted by Crippen LogP contribution is -2.34. The van der Waals surface area contributed by atoms with Crippen LogP contribution in [-0.4, -0.2) is 36.7 Å². The molecule has 1 unspecified atom stereocenters. The van der Waals surface area contributed by atoms with Gasteiger partial charge in [-0.25, -0.2) is 4.79 Å². The lowest BCUT2D eigenvalue weighted by molar-refractivity contribution is -0.120. The molecule has 2 rings (SSSR count). The van der Waals surface area contributed by atoms with Crippen LogP contribution in [0, 0.1) is 0 Å². The first-order chi connectivity index (χ1) is 12.0. The zero-order valence-corrected chi connectivity index (χ0v) is 14.2. The predicted molar refractivity (Wildman–Crippen MR) is 93.2 cm³/mol. The molecule has 0 aliphatic carbocycles. The summed E-state index contributed by atoms with van der Waals surface area (Å²) in [7, 11) is 1.59. The van der Waals surface area contributed by atoms with Gasteiger partial charge < -0.3 is 19.9 Å². The molecule has 2 aromatic rings.